The zero-order chi connectivity index (χ0) is 27.1. The summed E-state index contributed by atoms with van der Waals surface area (Å²) in [6.07, 6.45) is 2.66. The number of allylic oxidation sites excluding steroid dienone is 1. The first-order valence-corrected chi connectivity index (χ1v) is 14.7. The lowest BCUT2D eigenvalue weighted by molar-refractivity contribution is -0.119. The number of carbonyl (C=O) groups excluding carboxylic acids is 1. The highest BCUT2D eigenvalue weighted by Gasteiger charge is 2.38. The lowest BCUT2D eigenvalue weighted by atomic mass is 10.0. The van der Waals surface area contributed by atoms with E-state index < -0.39 is 11.0 Å². The Morgan fingerprint density at radius 1 is 1.10 bits per heavy atom. The van der Waals surface area contributed by atoms with Crippen molar-refractivity contribution in [3.05, 3.63) is 99.5 Å². The fraction of sp³-hybridized carbons (Fsp3) is 0.300. The van der Waals surface area contributed by atoms with Gasteiger partial charge in [-0.25, -0.2) is 8.60 Å². The number of hydrogen-bond acceptors (Lipinski definition) is 4. The molecule has 1 saturated carbocycles. The van der Waals surface area contributed by atoms with Gasteiger partial charge in [0.25, 0.3) is 0 Å². The van der Waals surface area contributed by atoms with Gasteiger partial charge in [-0.2, -0.15) is 0 Å². The summed E-state index contributed by atoms with van der Waals surface area (Å²) >= 11 is 6.02. The minimum Gasteiger partial charge on any atom is -0.497 e. The lowest BCUT2D eigenvalue weighted by Gasteiger charge is -2.21. The van der Waals surface area contributed by atoms with Crippen molar-refractivity contribution in [3.63, 3.8) is 0 Å². The average Bonchev–Trinajstić information content (AvgIpc) is 3.62. The van der Waals surface area contributed by atoms with E-state index in [1.165, 1.54) is 17.7 Å². The zero-order valence-corrected chi connectivity index (χ0v) is 23.2. The summed E-state index contributed by atoms with van der Waals surface area (Å²) in [5.41, 5.74) is 6.78. The molecular weight excluding hydrogens is 537 g/mol. The van der Waals surface area contributed by atoms with Gasteiger partial charge in [-0.05, 0) is 90.1 Å². The number of carbonyl (C=O) groups is 1. The van der Waals surface area contributed by atoms with Gasteiger partial charge >= 0.3 is 0 Å². The molecule has 3 aromatic rings. The SMILES string of the molecule is COc1ccc(CN2c3ccc(N4CCC(C(NCc5cc(F)cc(Cl)c5)=C5CC5)C4=O)cc3CS2=O)cc1. The van der Waals surface area contributed by atoms with Gasteiger partial charge in [-0.3, -0.25) is 9.10 Å². The van der Waals surface area contributed by atoms with Crippen LogP contribution in [0.5, 0.6) is 5.75 Å². The summed E-state index contributed by atoms with van der Waals surface area (Å²) in [5.74, 6) is 0.652. The molecule has 6 nitrogen and oxygen atoms in total. The second kappa shape index (κ2) is 10.7. The van der Waals surface area contributed by atoms with Crippen molar-refractivity contribution in [1.82, 2.24) is 5.32 Å². The maximum absolute atomic E-state index is 13.8. The van der Waals surface area contributed by atoms with Crippen LogP contribution in [-0.2, 0) is 34.6 Å². The van der Waals surface area contributed by atoms with Gasteiger partial charge in [-0.1, -0.05) is 23.7 Å². The van der Waals surface area contributed by atoms with E-state index in [0.29, 0.717) is 36.8 Å². The standard InChI is InChI=1S/C30H29ClFN3O3S/c1-38-26-7-2-19(3-8-26)17-35-28-9-6-25(14-22(28)18-39(35)37)34-11-10-27(30(34)36)29(21-4-5-21)33-16-20-12-23(31)15-24(32)13-20/h2-3,6-9,12-15,27,33H,4-5,10-11,16-18H2,1H3. The van der Waals surface area contributed by atoms with E-state index in [2.05, 4.69) is 5.32 Å². The molecule has 0 spiro atoms. The first-order valence-electron chi connectivity index (χ1n) is 13.0. The number of hydrogen-bond donors (Lipinski definition) is 1. The quantitative estimate of drug-likeness (QED) is 0.371. The minimum atomic E-state index is -1.17. The van der Waals surface area contributed by atoms with E-state index in [9.17, 15) is 13.4 Å². The second-order valence-corrected chi connectivity index (χ2v) is 12.0. The Bertz CT molecular complexity index is 1470. The van der Waals surface area contributed by atoms with E-state index in [1.54, 1.807) is 13.2 Å². The molecule has 0 bridgehead atoms. The summed E-state index contributed by atoms with van der Waals surface area (Å²) in [5, 5.41) is 3.79. The molecule has 1 saturated heterocycles. The predicted molar refractivity (Wildman–Crippen MR) is 152 cm³/mol. The van der Waals surface area contributed by atoms with Crippen LogP contribution < -0.4 is 19.3 Å². The Labute approximate surface area is 235 Å². The summed E-state index contributed by atoms with van der Waals surface area (Å²) in [7, 11) is 0.459. The van der Waals surface area contributed by atoms with Crippen molar-refractivity contribution in [3.8, 4) is 5.75 Å². The van der Waals surface area contributed by atoms with Crippen molar-refractivity contribution in [2.45, 2.75) is 38.1 Å². The van der Waals surface area contributed by atoms with Gasteiger partial charge in [0.05, 0.1) is 31.0 Å². The van der Waals surface area contributed by atoms with Crippen LogP contribution in [0.25, 0.3) is 0 Å². The molecule has 1 amide bonds. The number of nitrogens with zero attached hydrogens (tertiary/aromatic N) is 2. The smallest absolute Gasteiger partial charge is 0.236 e. The van der Waals surface area contributed by atoms with Gasteiger partial charge in [0.1, 0.15) is 22.6 Å². The average molecular weight is 566 g/mol. The number of anilines is 2. The maximum Gasteiger partial charge on any atom is 0.236 e. The Morgan fingerprint density at radius 2 is 1.90 bits per heavy atom. The molecule has 2 unspecified atom stereocenters. The molecule has 0 radical (unpaired) electrons. The van der Waals surface area contributed by atoms with Gasteiger partial charge in [0.15, 0.2) is 0 Å². The zero-order valence-electron chi connectivity index (χ0n) is 21.6. The molecule has 1 N–H and O–H groups in total. The number of halogens is 2. The number of fused-ring (bicyclic) bond motifs is 1. The van der Waals surface area contributed by atoms with Crippen LogP contribution in [0, 0.1) is 11.7 Å². The molecule has 1 aliphatic carbocycles. The molecule has 3 aromatic carbocycles. The first kappa shape index (κ1) is 25.9. The number of benzene rings is 3. The fourth-order valence-corrected chi connectivity index (χ4v) is 7.00. The second-order valence-electron chi connectivity index (χ2n) is 10.1. The van der Waals surface area contributed by atoms with Crippen LogP contribution >= 0.6 is 11.6 Å². The largest absolute Gasteiger partial charge is 0.497 e. The molecule has 2 fully saturated rings. The topological polar surface area (TPSA) is 61.9 Å². The van der Waals surface area contributed by atoms with Crippen LogP contribution in [0.15, 0.2) is 71.9 Å². The van der Waals surface area contributed by atoms with Crippen molar-refractivity contribution in [2.75, 3.05) is 22.9 Å². The van der Waals surface area contributed by atoms with Gasteiger partial charge in [-0.15, -0.1) is 0 Å². The predicted octanol–water partition coefficient (Wildman–Crippen LogP) is 5.86. The molecule has 2 aliphatic heterocycles. The molecule has 2 heterocycles. The van der Waals surface area contributed by atoms with Crippen LogP contribution in [0.3, 0.4) is 0 Å². The summed E-state index contributed by atoms with van der Waals surface area (Å²) in [6.45, 7) is 1.56. The van der Waals surface area contributed by atoms with Crippen LogP contribution in [0.2, 0.25) is 5.02 Å². The molecule has 2 atom stereocenters. The van der Waals surface area contributed by atoms with Crippen LogP contribution in [0.1, 0.15) is 36.0 Å². The van der Waals surface area contributed by atoms with E-state index >= 15 is 0 Å². The molecule has 3 aliphatic rings. The maximum atomic E-state index is 13.8. The van der Waals surface area contributed by atoms with Crippen LogP contribution in [0.4, 0.5) is 15.8 Å². The van der Waals surface area contributed by atoms with Crippen molar-refractivity contribution < 1.29 is 18.1 Å². The molecular formula is C30H29ClFN3O3S. The van der Waals surface area contributed by atoms with Gasteiger partial charge in [0.2, 0.25) is 5.91 Å². The molecule has 202 valence electrons. The third-order valence-corrected chi connectivity index (χ3v) is 9.09. The third-order valence-electron chi connectivity index (χ3n) is 7.49. The highest BCUT2D eigenvalue weighted by atomic mass is 35.5. The molecule has 39 heavy (non-hydrogen) atoms. The monoisotopic (exact) mass is 565 g/mol. The highest BCUT2D eigenvalue weighted by Crippen LogP contribution is 2.40. The Morgan fingerprint density at radius 3 is 2.62 bits per heavy atom. The summed E-state index contributed by atoms with van der Waals surface area (Å²) in [6, 6.07) is 18.2. The van der Waals surface area contributed by atoms with Gasteiger partial charge < -0.3 is 15.0 Å². The molecule has 9 heteroatoms. The first-order chi connectivity index (χ1) is 18.9. The Kier molecular flexibility index (Phi) is 7.08. The van der Waals surface area contributed by atoms with Gasteiger partial charge in [0, 0.05) is 29.5 Å². The van der Waals surface area contributed by atoms with Crippen molar-refractivity contribution in [1.29, 1.82) is 0 Å². The minimum absolute atomic E-state index is 0.0586. The van der Waals surface area contributed by atoms with E-state index in [4.69, 9.17) is 16.3 Å². The Balaban J connectivity index is 1.16. The van der Waals surface area contributed by atoms with E-state index in [-0.39, 0.29) is 17.6 Å². The number of amides is 1. The van der Waals surface area contributed by atoms with Crippen molar-refractivity contribution >= 4 is 39.9 Å². The molecule has 6 rings (SSSR count). The molecule has 0 aromatic heterocycles. The lowest BCUT2D eigenvalue weighted by Crippen LogP contribution is -2.31. The van der Waals surface area contributed by atoms with Crippen molar-refractivity contribution in [2.24, 2.45) is 5.92 Å². The normalized spacial score (nSPS) is 19.9. The third kappa shape index (κ3) is 5.40. The number of ether oxygens (including phenoxy) is 1. The number of rotatable bonds is 8. The Hall–Kier alpha value is -3.36. The summed E-state index contributed by atoms with van der Waals surface area (Å²) in [4.78, 5) is 15.4. The number of methoxy groups -OCH3 is 1. The van der Waals surface area contributed by atoms with E-state index in [1.807, 2.05) is 51.7 Å². The summed E-state index contributed by atoms with van der Waals surface area (Å²) < 4.78 is 33.9. The fourth-order valence-electron chi connectivity index (χ4n) is 5.41. The van der Waals surface area contributed by atoms with E-state index in [0.717, 1.165) is 52.4 Å². The highest BCUT2D eigenvalue weighted by molar-refractivity contribution is 7.86. The van der Waals surface area contributed by atoms with Crippen LogP contribution in [-0.4, -0.2) is 23.8 Å². The number of nitrogens with one attached hydrogen (secondary N) is 1.